The van der Waals surface area contributed by atoms with Crippen molar-refractivity contribution in [2.75, 3.05) is 0 Å². The molecule has 8 heteroatoms. The molecular formula is C13H20N4O2S2. The molecule has 2 heterocycles. The van der Waals surface area contributed by atoms with Crippen LogP contribution in [0.4, 0.5) is 0 Å². The zero-order valence-corrected chi connectivity index (χ0v) is 13.9. The van der Waals surface area contributed by atoms with Crippen LogP contribution in [0.15, 0.2) is 5.03 Å². The first-order chi connectivity index (χ1) is 9.97. The summed E-state index contributed by atoms with van der Waals surface area (Å²) in [4.78, 5) is 4.94. The predicted molar refractivity (Wildman–Crippen MR) is 82.1 cm³/mol. The van der Waals surface area contributed by atoms with E-state index in [2.05, 4.69) is 14.8 Å². The summed E-state index contributed by atoms with van der Waals surface area (Å²) in [5.74, 6) is 0. The van der Waals surface area contributed by atoms with Gasteiger partial charge in [0, 0.05) is 6.04 Å². The number of nitrogens with zero attached hydrogens (tertiary/aromatic N) is 3. The molecule has 0 amide bonds. The molecule has 116 valence electrons. The number of aromatic nitrogens is 3. The minimum Gasteiger partial charge on any atom is -0.221 e. The molecule has 1 saturated carbocycles. The topological polar surface area (TPSA) is 76.4 Å². The van der Waals surface area contributed by atoms with E-state index in [0.29, 0.717) is 10.7 Å². The second kappa shape index (κ2) is 5.66. The molecule has 0 aromatic carbocycles. The van der Waals surface area contributed by atoms with Crippen molar-refractivity contribution in [3.05, 3.63) is 10.7 Å². The lowest BCUT2D eigenvalue weighted by molar-refractivity contribution is 0.506. The third-order valence-corrected chi connectivity index (χ3v) is 6.30. The van der Waals surface area contributed by atoms with Crippen LogP contribution in [0.25, 0.3) is 4.96 Å². The van der Waals surface area contributed by atoms with Gasteiger partial charge >= 0.3 is 0 Å². The number of rotatable bonds is 3. The molecule has 0 bridgehead atoms. The second-order valence-corrected chi connectivity index (χ2v) is 8.42. The molecule has 2 aromatic rings. The van der Waals surface area contributed by atoms with Gasteiger partial charge in [-0.1, -0.05) is 37.0 Å². The van der Waals surface area contributed by atoms with Crippen LogP contribution in [0.2, 0.25) is 0 Å². The minimum absolute atomic E-state index is 0.0298. The summed E-state index contributed by atoms with van der Waals surface area (Å²) < 4.78 is 29.7. The lowest BCUT2D eigenvalue weighted by Crippen LogP contribution is -2.35. The van der Waals surface area contributed by atoms with Crippen molar-refractivity contribution < 1.29 is 8.42 Å². The Morgan fingerprint density at radius 1 is 1.19 bits per heavy atom. The van der Waals surface area contributed by atoms with Crippen molar-refractivity contribution in [2.24, 2.45) is 0 Å². The Hall–Kier alpha value is -0.990. The number of nitrogens with one attached hydrogen (secondary N) is 1. The Labute approximate surface area is 128 Å². The van der Waals surface area contributed by atoms with Gasteiger partial charge in [-0.2, -0.15) is 9.61 Å². The van der Waals surface area contributed by atoms with E-state index < -0.39 is 10.0 Å². The summed E-state index contributed by atoms with van der Waals surface area (Å²) in [5, 5.41) is 5.26. The van der Waals surface area contributed by atoms with E-state index in [9.17, 15) is 8.42 Å². The van der Waals surface area contributed by atoms with Crippen LogP contribution in [-0.2, 0) is 10.0 Å². The van der Waals surface area contributed by atoms with Crippen LogP contribution >= 0.6 is 11.3 Å². The van der Waals surface area contributed by atoms with Crippen molar-refractivity contribution in [1.29, 1.82) is 0 Å². The molecule has 1 aliphatic rings. The summed E-state index contributed by atoms with van der Waals surface area (Å²) in [6.45, 7) is 3.57. The maximum atomic E-state index is 12.7. The fraction of sp³-hybridized carbons (Fsp3) is 0.692. The number of fused-ring (bicyclic) bond motifs is 1. The van der Waals surface area contributed by atoms with E-state index in [4.69, 9.17) is 0 Å². The fourth-order valence-electron chi connectivity index (χ4n) is 2.91. The molecule has 0 atom stereocenters. The maximum absolute atomic E-state index is 12.7. The normalized spacial score (nSPS) is 18.2. The standard InChI is InChI=1S/C13H20N4O2S2/c1-9-12(17-13(14-9)20-10(2)15-17)21(18,19)16-11-7-5-3-4-6-8-11/h11,16H,3-8H2,1-2H3. The summed E-state index contributed by atoms with van der Waals surface area (Å²) >= 11 is 1.40. The lowest BCUT2D eigenvalue weighted by Gasteiger charge is -2.16. The summed E-state index contributed by atoms with van der Waals surface area (Å²) in [5.41, 5.74) is 0.509. The van der Waals surface area contributed by atoms with Gasteiger partial charge in [-0.15, -0.1) is 0 Å². The van der Waals surface area contributed by atoms with Crippen LogP contribution in [0.3, 0.4) is 0 Å². The Kier molecular flexibility index (Phi) is 4.02. The molecule has 6 nitrogen and oxygen atoms in total. The SMILES string of the molecule is Cc1nn2c(S(=O)(=O)NC3CCCCCC3)c(C)nc2s1. The third kappa shape index (κ3) is 2.97. The van der Waals surface area contributed by atoms with E-state index in [1.165, 1.54) is 28.7 Å². The van der Waals surface area contributed by atoms with Crippen LogP contribution < -0.4 is 4.72 Å². The molecule has 1 N–H and O–H groups in total. The molecule has 2 aromatic heterocycles. The van der Waals surface area contributed by atoms with Crippen molar-refractivity contribution >= 4 is 26.3 Å². The van der Waals surface area contributed by atoms with E-state index in [1.54, 1.807) is 6.92 Å². The molecule has 1 fully saturated rings. The van der Waals surface area contributed by atoms with Gasteiger partial charge in [-0.05, 0) is 26.7 Å². The van der Waals surface area contributed by atoms with E-state index in [-0.39, 0.29) is 11.1 Å². The summed E-state index contributed by atoms with van der Waals surface area (Å²) in [6, 6.07) is 0.0298. The molecule has 0 unspecified atom stereocenters. The van der Waals surface area contributed by atoms with Crippen molar-refractivity contribution in [1.82, 2.24) is 19.3 Å². The molecule has 0 saturated heterocycles. The highest BCUT2D eigenvalue weighted by molar-refractivity contribution is 7.89. The Bertz CT molecular complexity index is 740. The van der Waals surface area contributed by atoms with Gasteiger partial charge in [0.1, 0.15) is 5.01 Å². The van der Waals surface area contributed by atoms with Crippen molar-refractivity contribution in [2.45, 2.75) is 63.4 Å². The number of imidazole rings is 1. The van der Waals surface area contributed by atoms with Gasteiger partial charge in [0.15, 0.2) is 5.03 Å². The Morgan fingerprint density at radius 3 is 2.52 bits per heavy atom. The van der Waals surface area contributed by atoms with Crippen LogP contribution in [0.5, 0.6) is 0 Å². The lowest BCUT2D eigenvalue weighted by atomic mass is 10.1. The van der Waals surface area contributed by atoms with Crippen molar-refractivity contribution in [3.8, 4) is 0 Å². The molecule has 1 aliphatic carbocycles. The average molecular weight is 328 g/mol. The highest BCUT2D eigenvalue weighted by atomic mass is 32.2. The zero-order chi connectivity index (χ0) is 15.0. The van der Waals surface area contributed by atoms with E-state index in [1.807, 2.05) is 6.92 Å². The monoisotopic (exact) mass is 328 g/mol. The number of sulfonamides is 1. The summed E-state index contributed by atoms with van der Waals surface area (Å²) in [6.07, 6.45) is 6.39. The summed E-state index contributed by atoms with van der Waals surface area (Å²) in [7, 11) is -3.58. The first-order valence-electron chi connectivity index (χ1n) is 7.32. The van der Waals surface area contributed by atoms with Gasteiger partial charge in [0.25, 0.3) is 10.0 Å². The number of aryl methyl sites for hydroxylation is 2. The highest BCUT2D eigenvalue weighted by Gasteiger charge is 2.28. The van der Waals surface area contributed by atoms with Gasteiger partial charge in [-0.3, -0.25) is 0 Å². The molecule has 3 rings (SSSR count). The molecule has 0 aliphatic heterocycles. The van der Waals surface area contributed by atoms with Crippen LogP contribution in [-0.4, -0.2) is 29.1 Å². The quantitative estimate of drug-likeness (QED) is 0.878. The predicted octanol–water partition coefficient (Wildman–Crippen LogP) is 2.41. The van der Waals surface area contributed by atoms with Crippen LogP contribution in [0, 0.1) is 13.8 Å². The van der Waals surface area contributed by atoms with Gasteiger partial charge in [-0.25, -0.2) is 18.1 Å². The van der Waals surface area contributed by atoms with Gasteiger partial charge in [0.05, 0.1) is 5.69 Å². The molecule has 0 spiro atoms. The first-order valence-corrected chi connectivity index (χ1v) is 9.62. The zero-order valence-electron chi connectivity index (χ0n) is 12.3. The smallest absolute Gasteiger partial charge is 0.221 e. The van der Waals surface area contributed by atoms with Crippen LogP contribution in [0.1, 0.15) is 49.2 Å². The largest absolute Gasteiger partial charge is 0.260 e. The molecule has 21 heavy (non-hydrogen) atoms. The van der Waals surface area contributed by atoms with E-state index >= 15 is 0 Å². The Balaban J connectivity index is 1.93. The fourth-order valence-corrected chi connectivity index (χ4v) is 5.33. The second-order valence-electron chi connectivity index (χ2n) is 5.63. The number of hydrogen-bond donors (Lipinski definition) is 1. The third-order valence-electron chi connectivity index (χ3n) is 3.86. The maximum Gasteiger partial charge on any atom is 0.260 e. The van der Waals surface area contributed by atoms with Gasteiger partial charge < -0.3 is 0 Å². The minimum atomic E-state index is -3.58. The average Bonchev–Trinajstić information content (AvgIpc) is 2.75. The number of hydrogen-bond acceptors (Lipinski definition) is 5. The molecular weight excluding hydrogens is 308 g/mol. The molecule has 0 radical (unpaired) electrons. The Morgan fingerprint density at radius 2 is 1.86 bits per heavy atom. The van der Waals surface area contributed by atoms with E-state index in [0.717, 1.165) is 30.7 Å². The first kappa shape index (κ1) is 14.9. The highest BCUT2D eigenvalue weighted by Crippen LogP contribution is 2.24. The van der Waals surface area contributed by atoms with Gasteiger partial charge in [0.2, 0.25) is 4.96 Å². The van der Waals surface area contributed by atoms with Crippen molar-refractivity contribution in [3.63, 3.8) is 0 Å².